The minimum atomic E-state index is 0.704. The third-order valence-corrected chi connectivity index (χ3v) is 2.90. The molecule has 0 aliphatic heterocycles. The SMILES string of the molecule is CCCCCCNCc1cc(Cl)cc(Cl)c1. The lowest BCUT2D eigenvalue weighted by molar-refractivity contribution is 0.598. The minimum Gasteiger partial charge on any atom is -0.313 e. The van der Waals surface area contributed by atoms with Gasteiger partial charge in [-0.15, -0.1) is 0 Å². The smallest absolute Gasteiger partial charge is 0.0424 e. The maximum Gasteiger partial charge on any atom is 0.0424 e. The lowest BCUT2D eigenvalue weighted by Gasteiger charge is -2.05. The predicted octanol–water partition coefficient (Wildman–Crippen LogP) is 4.66. The van der Waals surface area contributed by atoms with E-state index in [1.54, 1.807) is 6.07 Å². The van der Waals surface area contributed by atoms with Crippen molar-refractivity contribution in [2.75, 3.05) is 6.54 Å². The van der Waals surface area contributed by atoms with E-state index in [1.807, 2.05) is 12.1 Å². The Bertz CT molecular complexity index is 293. The Balaban J connectivity index is 2.21. The molecular weight excluding hydrogens is 241 g/mol. The maximum absolute atomic E-state index is 5.92. The first-order valence-electron chi connectivity index (χ1n) is 5.88. The van der Waals surface area contributed by atoms with Crippen LogP contribution in [0.1, 0.15) is 38.2 Å². The lowest BCUT2D eigenvalue weighted by Crippen LogP contribution is -2.14. The first kappa shape index (κ1) is 13.8. The summed E-state index contributed by atoms with van der Waals surface area (Å²) in [6, 6.07) is 5.66. The molecule has 3 heteroatoms. The molecule has 1 nitrogen and oxygen atoms in total. The first-order chi connectivity index (χ1) is 7.72. The predicted molar refractivity (Wildman–Crippen MR) is 72.3 cm³/mol. The van der Waals surface area contributed by atoms with E-state index in [1.165, 1.54) is 25.7 Å². The Labute approximate surface area is 108 Å². The molecule has 0 aromatic heterocycles. The Hall–Kier alpha value is -0.240. The van der Waals surface area contributed by atoms with Crippen LogP contribution in [0.4, 0.5) is 0 Å². The Kier molecular flexibility index (Phi) is 6.86. The molecule has 0 unspecified atom stereocenters. The van der Waals surface area contributed by atoms with Gasteiger partial charge in [0.1, 0.15) is 0 Å². The quantitative estimate of drug-likeness (QED) is 0.703. The Morgan fingerprint density at radius 1 is 1.00 bits per heavy atom. The van der Waals surface area contributed by atoms with Gasteiger partial charge in [-0.2, -0.15) is 0 Å². The van der Waals surface area contributed by atoms with Gasteiger partial charge in [0.2, 0.25) is 0 Å². The van der Waals surface area contributed by atoms with Crippen molar-refractivity contribution >= 4 is 23.2 Å². The van der Waals surface area contributed by atoms with Gasteiger partial charge in [0.25, 0.3) is 0 Å². The summed E-state index contributed by atoms with van der Waals surface area (Å²) in [5, 5.41) is 4.81. The summed E-state index contributed by atoms with van der Waals surface area (Å²) < 4.78 is 0. The molecule has 0 aliphatic carbocycles. The molecule has 0 saturated heterocycles. The summed E-state index contributed by atoms with van der Waals surface area (Å²) in [6.07, 6.45) is 5.15. The number of unbranched alkanes of at least 4 members (excludes halogenated alkanes) is 3. The molecule has 0 radical (unpaired) electrons. The van der Waals surface area contributed by atoms with Gasteiger partial charge in [-0.05, 0) is 36.7 Å². The van der Waals surface area contributed by atoms with Crippen molar-refractivity contribution in [2.24, 2.45) is 0 Å². The number of nitrogens with one attached hydrogen (secondary N) is 1. The molecule has 1 aromatic carbocycles. The molecule has 0 atom stereocenters. The lowest BCUT2D eigenvalue weighted by atomic mass is 10.2. The molecule has 1 aromatic rings. The zero-order valence-electron chi connectivity index (χ0n) is 9.73. The highest BCUT2D eigenvalue weighted by atomic mass is 35.5. The molecule has 0 spiro atoms. The first-order valence-corrected chi connectivity index (χ1v) is 6.63. The molecule has 90 valence electrons. The number of hydrogen-bond acceptors (Lipinski definition) is 1. The number of rotatable bonds is 7. The van der Waals surface area contributed by atoms with Crippen LogP contribution in [0.25, 0.3) is 0 Å². The topological polar surface area (TPSA) is 12.0 Å². The Morgan fingerprint density at radius 3 is 2.31 bits per heavy atom. The molecular formula is C13H19Cl2N. The average molecular weight is 260 g/mol. The van der Waals surface area contributed by atoms with Gasteiger partial charge >= 0.3 is 0 Å². The van der Waals surface area contributed by atoms with Crippen LogP contribution in [0, 0.1) is 0 Å². The molecule has 0 bridgehead atoms. The van der Waals surface area contributed by atoms with E-state index < -0.39 is 0 Å². The van der Waals surface area contributed by atoms with Gasteiger partial charge in [-0.3, -0.25) is 0 Å². The van der Waals surface area contributed by atoms with E-state index in [4.69, 9.17) is 23.2 Å². The normalized spacial score (nSPS) is 10.7. The van der Waals surface area contributed by atoms with Gasteiger partial charge in [0, 0.05) is 16.6 Å². The minimum absolute atomic E-state index is 0.704. The van der Waals surface area contributed by atoms with Crippen LogP contribution >= 0.6 is 23.2 Å². The summed E-state index contributed by atoms with van der Waals surface area (Å²) in [7, 11) is 0. The van der Waals surface area contributed by atoms with Crippen LogP contribution in [-0.4, -0.2) is 6.54 Å². The summed E-state index contributed by atoms with van der Waals surface area (Å²) in [6.45, 7) is 4.12. The highest BCUT2D eigenvalue weighted by Gasteiger charge is 1.97. The molecule has 0 saturated carbocycles. The fourth-order valence-corrected chi connectivity index (χ4v) is 2.19. The van der Waals surface area contributed by atoms with Crippen LogP contribution in [0.2, 0.25) is 10.0 Å². The second kappa shape index (κ2) is 7.94. The summed E-state index contributed by atoms with van der Waals surface area (Å²) >= 11 is 11.8. The van der Waals surface area contributed by atoms with Crippen molar-refractivity contribution in [3.63, 3.8) is 0 Å². The van der Waals surface area contributed by atoms with E-state index in [0.29, 0.717) is 10.0 Å². The van der Waals surface area contributed by atoms with Crippen molar-refractivity contribution in [3.05, 3.63) is 33.8 Å². The summed E-state index contributed by atoms with van der Waals surface area (Å²) in [5.41, 5.74) is 1.15. The monoisotopic (exact) mass is 259 g/mol. The maximum atomic E-state index is 5.92. The van der Waals surface area contributed by atoms with Crippen LogP contribution < -0.4 is 5.32 Å². The van der Waals surface area contributed by atoms with Crippen molar-refractivity contribution < 1.29 is 0 Å². The van der Waals surface area contributed by atoms with Crippen LogP contribution in [-0.2, 0) is 6.54 Å². The number of halogens is 2. The Morgan fingerprint density at radius 2 is 1.69 bits per heavy atom. The molecule has 0 fully saturated rings. The largest absolute Gasteiger partial charge is 0.313 e. The second-order valence-corrected chi connectivity index (χ2v) is 4.89. The van der Waals surface area contributed by atoms with Gasteiger partial charge < -0.3 is 5.32 Å². The molecule has 0 aliphatic rings. The molecule has 1 N–H and O–H groups in total. The van der Waals surface area contributed by atoms with E-state index in [9.17, 15) is 0 Å². The van der Waals surface area contributed by atoms with Gasteiger partial charge in [0.15, 0.2) is 0 Å². The van der Waals surface area contributed by atoms with E-state index in [-0.39, 0.29) is 0 Å². The van der Waals surface area contributed by atoms with Crippen molar-refractivity contribution in [3.8, 4) is 0 Å². The molecule has 1 rings (SSSR count). The second-order valence-electron chi connectivity index (χ2n) is 4.02. The number of benzene rings is 1. The van der Waals surface area contributed by atoms with E-state index in [2.05, 4.69) is 12.2 Å². The van der Waals surface area contributed by atoms with Gasteiger partial charge in [-0.25, -0.2) is 0 Å². The summed E-state index contributed by atoms with van der Waals surface area (Å²) in [5.74, 6) is 0. The standard InChI is InChI=1S/C13H19Cl2N/c1-2-3-4-5-6-16-10-11-7-12(14)9-13(15)8-11/h7-9,16H,2-6,10H2,1H3. The highest BCUT2D eigenvalue weighted by molar-refractivity contribution is 6.34. The molecule has 16 heavy (non-hydrogen) atoms. The van der Waals surface area contributed by atoms with Gasteiger partial charge in [0.05, 0.1) is 0 Å². The van der Waals surface area contributed by atoms with Crippen LogP contribution in [0.3, 0.4) is 0 Å². The molecule has 0 heterocycles. The average Bonchev–Trinajstić information content (AvgIpc) is 2.22. The molecule has 0 amide bonds. The fraction of sp³-hybridized carbons (Fsp3) is 0.538. The zero-order valence-corrected chi connectivity index (χ0v) is 11.2. The van der Waals surface area contributed by atoms with Crippen molar-refractivity contribution in [1.29, 1.82) is 0 Å². The summed E-state index contributed by atoms with van der Waals surface area (Å²) in [4.78, 5) is 0. The zero-order chi connectivity index (χ0) is 11.8. The van der Waals surface area contributed by atoms with Gasteiger partial charge in [-0.1, -0.05) is 49.4 Å². The van der Waals surface area contributed by atoms with Crippen molar-refractivity contribution in [2.45, 2.75) is 39.2 Å². The van der Waals surface area contributed by atoms with Crippen LogP contribution in [0.15, 0.2) is 18.2 Å². The van der Waals surface area contributed by atoms with Crippen molar-refractivity contribution in [1.82, 2.24) is 5.32 Å². The third-order valence-electron chi connectivity index (χ3n) is 2.46. The number of hydrogen-bond donors (Lipinski definition) is 1. The fourth-order valence-electron chi connectivity index (χ4n) is 1.62. The van der Waals surface area contributed by atoms with E-state index in [0.717, 1.165) is 18.7 Å². The third kappa shape index (κ3) is 5.74. The van der Waals surface area contributed by atoms with Crippen LogP contribution in [0.5, 0.6) is 0 Å². The van der Waals surface area contributed by atoms with E-state index >= 15 is 0 Å². The highest BCUT2D eigenvalue weighted by Crippen LogP contribution is 2.18.